The van der Waals surface area contributed by atoms with Crippen molar-refractivity contribution in [3.63, 3.8) is 0 Å². The lowest BCUT2D eigenvalue weighted by Crippen LogP contribution is -2.38. The lowest BCUT2D eigenvalue weighted by Gasteiger charge is -2.26. The smallest absolute Gasteiger partial charge is 0.0717 e. The summed E-state index contributed by atoms with van der Waals surface area (Å²) in [5.74, 6) is 0. The molecule has 0 amide bonds. The van der Waals surface area contributed by atoms with E-state index >= 15 is 0 Å². The molecule has 17 heavy (non-hydrogen) atoms. The fraction of sp³-hybridized carbons (Fsp3) is 0.571. The van der Waals surface area contributed by atoms with Crippen LogP contribution in [-0.4, -0.2) is 44.4 Å². The molecular weight excluding hydrogens is 214 g/mol. The average molecular weight is 235 g/mol. The topological polar surface area (TPSA) is 21.7 Å². The molecule has 0 radical (unpaired) electrons. The Hall–Kier alpha value is -0.900. The van der Waals surface area contributed by atoms with Crippen molar-refractivity contribution in [1.82, 2.24) is 4.90 Å². The summed E-state index contributed by atoms with van der Waals surface area (Å²) in [6, 6.07) is 8.48. The van der Waals surface area contributed by atoms with Gasteiger partial charge in [0, 0.05) is 19.6 Å². The molecule has 0 bridgehead atoms. The van der Waals surface area contributed by atoms with Gasteiger partial charge in [0.05, 0.1) is 26.4 Å². The van der Waals surface area contributed by atoms with E-state index in [0.717, 1.165) is 39.5 Å². The lowest BCUT2D eigenvalue weighted by molar-refractivity contribution is 0.0180. The molecule has 1 heterocycles. The first-order chi connectivity index (χ1) is 8.34. The Bertz CT molecular complexity index is 335. The molecule has 0 spiro atoms. The van der Waals surface area contributed by atoms with Gasteiger partial charge in [-0.1, -0.05) is 29.8 Å². The first-order valence-electron chi connectivity index (χ1n) is 6.28. The van der Waals surface area contributed by atoms with E-state index in [1.807, 2.05) is 0 Å². The summed E-state index contributed by atoms with van der Waals surface area (Å²) in [7, 11) is 0. The van der Waals surface area contributed by atoms with E-state index in [4.69, 9.17) is 9.47 Å². The Morgan fingerprint density at radius 2 is 2.12 bits per heavy atom. The van der Waals surface area contributed by atoms with Gasteiger partial charge in [-0.25, -0.2) is 0 Å². The van der Waals surface area contributed by atoms with Crippen molar-refractivity contribution in [2.24, 2.45) is 0 Å². The van der Waals surface area contributed by atoms with Crippen LogP contribution in [0.5, 0.6) is 0 Å². The minimum atomic E-state index is 0.714. The molecule has 1 aromatic carbocycles. The Kier molecular flexibility index (Phi) is 4.98. The zero-order valence-electron chi connectivity index (χ0n) is 10.5. The molecule has 1 aromatic rings. The van der Waals surface area contributed by atoms with Crippen LogP contribution in [0.4, 0.5) is 0 Å². The fourth-order valence-corrected chi connectivity index (χ4v) is 2.01. The minimum absolute atomic E-state index is 0.714. The van der Waals surface area contributed by atoms with Crippen molar-refractivity contribution in [2.75, 3.05) is 39.5 Å². The molecule has 1 aliphatic heterocycles. The lowest BCUT2D eigenvalue weighted by atomic mass is 10.1. The molecule has 0 unspecified atom stereocenters. The standard InChI is InChI=1S/C14H21NO2/c1-13-3-2-4-14(11-13)12-17-10-7-15-5-8-16-9-6-15/h2-4,11H,5-10,12H2,1H3. The molecule has 0 N–H and O–H groups in total. The molecule has 1 fully saturated rings. The molecule has 94 valence electrons. The highest BCUT2D eigenvalue weighted by molar-refractivity contribution is 5.21. The van der Waals surface area contributed by atoms with Gasteiger partial charge in [-0.3, -0.25) is 4.90 Å². The number of ether oxygens (including phenoxy) is 2. The van der Waals surface area contributed by atoms with E-state index in [2.05, 4.69) is 36.1 Å². The van der Waals surface area contributed by atoms with Gasteiger partial charge >= 0.3 is 0 Å². The number of benzene rings is 1. The van der Waals surface area contributed by atoms with Crippen LogP contribution in [-0.2, 0) is 16.1 Å². The third-order valence-corrected chi connectivity index (χ3v) is 3.01. The third kappa shape index (κ3) is 4.46. The second-order valence-electron chi connectivity index (χ2n) is 4.50. The summed E-state index contributed by atoms with van der Waals surface area (Å²) in [5, 5.41) is 0. The van der Waals surface area contributed by atoms with Crippen LogP contribution in [0.15, 0.2) is 24.3 Å². The fourth-order valence-electron chi connectivity index (χ4n) is 2.01. The van der Waals surface area contributed by atoms with E-state index in [0.29, 0.717) is 6.61 Å². The molecule has 0 aliphatic carbocycles. The maximum atomic E-state index is 5.69. The van der Waals surface area contributed by atoms with Gasteiger partial charge in [0.25, 0.3) is 0 Å². The van der Waals surface area contributed by atoms with Gasteiger partial charge in [0.15, 0.2) is 0 Å². The van der Waals surface area contributed by atoms with Gasteiger partial charge in [-0.05, 0) is 12.5 Å². The van der Waals surface area contributed by atoms with Crippen LogP contribution in [0, 0.1) is 6.92 Å². The van der Waals surface area contributed by atoms with Crippen molar-refractivity contribution in [1.29, 1.82) is 0 Å². The second kappa shape index (κ2) is 6.74. The van der Waals surface area contributed by atoms with Crippen LogP contribution in [0.1, 0.15) is 11.1 Å². The summed E-state index contributed by atoms with van der Waals surface area (Å²) >= 11 is 0. The maximum Gasteiger partial charge on any atom is 0.0717 e. The molecule has 3 heteroatoms. The number of morpholine rings is 1. The van der Waals surface area contributed by atoms with E-state index in [1.165, 1.54) is 11.1 Å². The normalized spacial score (nSPS) is 17.2. The summed E-state index contributed by atoms with van der Waals surface area (Å²) in [6.45, 7) is 8.42. The minimum Gasteiger partial charge on any atom is -0.379 e. The Morgan fingerprint density at radius 1 is 1.29 bits per heavy atom. The molecule has 1 aliphatic rings. The molecule has 0 atom stereocenters. The molecule has 3 nitrogen and oxygen atoms in total. The Morgan fingerprint density at radius 3 is 2.88 bits per heavy atom. The molecule has 0 saturated carbocycles. The van der Waals surface area contributed by atoms with Crippen LogP contribution in [0.3, 0.4) is 0 Å². The predicted molar refractivity (Wildman–Crippen MR) is 68.1 cm³/mol. The van der Waals surface area contributed by atoms with Gasteiger partial charge in [-0.15, -0.1) is 0 Å². The van der Waals surface area contributed by atoms with Gasteiger partial charge in [0.1, 0.15) is 0 Å². The SMILES string of the molecule is Cc1cccc(COCCN2CCOCC2)c1. The highest BCUT2D eigenvalue weighted by Crippen LogP contribution is 2.05. The quantitative estimate of drug-likeness (QED) is 0.727. The number of aryl methyl sites for hydroxylation is 1. The largest absolute Gasteiger partial charge is 0.379 e. The Labute approximate surface area is 103 Å². The van der Waals surface area contributed by atoms with E-state index < -0.39 is 0 Å². The predicted octanol–water partition coefficient (Wildman–Crippen LogP) is 1.84. The van der Waals surface area contributed by atoms with Gasteiger partial charge < -0.3 is 9.47 Å². The van der Waals surface area contributed by atoms with E-state index in [1.54, 1.807) is 0 Å². The summed E-state index contributed by atoms with van der Waals surface area (Å²) in [6.07, 6.45) is 0. The van der Waals surface area contributed by atoms with Crippen molar-refractivity contribution in [3.05, 3.63) is 35.4 Å². The molecule has 1 saturated heterocycles. The molecular formula is C14H21NO2. The second-order valence-corrected chi connectivity index (χ2v) is 4.50. The Balaban J connectivity index is 1.62. The van der Waals surface area contributed by atoms with Crippen LogP contribution in [0.25, 0.3) is 0 Å². The monoisotopic (exact) mass is 235 g/mol. The average Bonchev–Trinajstić information content (AvgIpc) is 2.36. The van der Waals surface area contributed by atoms with Gasteiger partial charge in [-0.2, -0.15) is 0 Å². The molecule has 2 rings (SSSR count). The highest BCUT2D eigenvalue weighted by atomic mass is 16.5. The van der Waals surface area contributed by atoms with Crippen LogP contribution >= 0.6 is 0 Å². The summed E-state index contributed by atoms with van der Waals surface area (Å²) in [4.78, 5) is 2.39. The van der Waals surface area contributed by atoms with E-state index in [9.17, 15) is 0 Å². The number of hydrogen-bond acceptors (Lipinski definition) is 3. The van der Waals surface area contributed by atoms with Crippen molar-refractivity contribution in [3.8, 4) is 0 Å². The van der Waals surface area contributed by atoms with Gasteiger partial charge in [0.2, 0.25) is 0 Å². The summed E-state index contributed by atoms with van der Waals surface area (Å²) in [5.41, 5.74) is 2.55. The molecule has 0 aromatic heterocycles. The van der Waals surface area contributed by atoms with E-state index in [-0.39, 0.29) is 0 Å². The first kappa shape index (κ1) is 12.6. The van der Waals surface area contributed by atoms with Crippen molar-refractivity contribution >= 4 is 0 Å². The van der Waals surface area contributed by atoms with Crippen molar-refractivity contribution in [2.45, 2.75) is 13.5 Å². The van der Waals surface area contributed by atoms with Crippen LogP contribution < -0.4 is 0 Å². The number of rotatable bonds is 5. The van der Waals surface area contributed by atoms with Crippen molar-refractivity contribution < 1.29 is 9.47 Å². The maximum absolute atomic E-state index is 5.69. The van der Waals surface area contributed by atoms with Crippen LogP contribution in [0.2, 0.25) is 0 Å². The zero-order chi connectivity index (χ0) is 11.9. The highest BCUT2D eigenvalue weighted by Gasteiger charge is 2.09. The third-order valence-electron chi connectivity index (χ3n) is 3.01. The number of hydrogen-bond donors (Lipinski definition) is 0. The number of nitrogens with zero attached hydrogens (tertiary/aromatic N) is 1. The first-order valence-corrected chi connectivity index (χ1v) is 6.28. The summed E-state index contributed by atoms with van der Waals surface area (Å²) < 4.78 is 11.0. The zero-order valence-corrected chi connectivity index (χ0v) is 10.5.